The van der Waals surface area contributed by atoms with E-state index < -0.39 is 0 Å². The third-order valence-corrected chi connectivity index (χ3v) is 4.70. The maximum absolute atomic E-state index is 5.50. The number of nitrogens with one attached hydrogen (secondary N) is 1. The number of unbranched alkanes of at least 4 members (excludes halogenated alkanes) is 1. The second-order valence-corrected chi connectivity index (χ2v) is 6.52. The van der Waals surface area contributed by atoms with Crippen LogP contribution < -0.4 is 11.1 Å². The fourth-order valence-corrected chi connectivity index (χ4v) is 3.46. The number of benzene rings is 2. The molecule has 2 aromatic carbocycles. The second-order valence-electron chi connectivity index (χ2n) is 5.49. The molecule has 1 heterocycles. The zero-order chi connectivity index (χ0) is 15.4. The Kier molecular flexibility index (Phi) is 4.71. The highest BCUT2D eigenvalue weighted by Crippen LogP contribution is 2.31. The van der Waals surface area contributed by atoms with E-state index in [-0.39, 0.29) is 0 Å². The third kappa shape index (κ3) is 3.46. The minimum absolute atomic E-state index is 0.762. The van der Waals surface area contributed by atoms with Gasteiger partial charge in [-0.25, -0.2) is 4.98 Å². The highest BCUT2D eigenvalue weighted by atomic mass is 32.1. The van der Waals surface area contributed by atoms with Crippen molar-refractivity contribution in [3.8, 4) is 10.6 Å². The van der Waals surface area contributed by atoms with Gasteiger partial charge in [0, 0.05) is 17.8 Å². The SMILES string of the molecule is Cc1ccc2nc(-c3ccc(NCCCCN)cc3)sc2c1. The predicted molar refractivity (Wildman–Crippen MR) is 96.6 cm³/mol. The molecule has 0 saturated carbocycles. The summed E-state index contributed by atoms with van der Waals surface area (Å²) in [4.78, 5) is 4.72. The molecule has 0 spiro atoms. The third-order valence-electron chi connectivity index (χ3n) is 3.64. The number of nitrogens with zero attached hydrogens (tertiary/aromatic N) is 1. The molecular formula is C18H21N3S. The van der Waals surface area contributed by atoms with Gasteiger partial charge in [0.05, 0.1) is 10.2 Å². The molecule has 3 N–H and O–H groups in total. The van der Waals surface area contributed by atoms with Gasteiger partial charge in [-0.1, -0.05) is 6.07 Å². The molecule has 3 rings (SSSR count). The largest absolute Gasteiger partial charge is 0.385 e. The van der Waals surface area contributed by atoms with Crippen LogP contribution in [0.5, 0.6) is 0 Å². The Labute approximate surface area is 135 Å². The van der Waals surface area contributed by atoms with Crippen molar-refractivity contribution in [2.45, 2.75) is 19.8 Å². The van der Waals surface area contributed by atoms with E-state index >= 15 is 0 Å². The molecule has 1 aromatic heterocycles. The Balaban J connectivity index is 1.73. The first kappa shape index (κ1) is 15.0. The maximum atomic E-state index is 5.50. The highest BCUT2D eigenvalue weighted by Gasteiger charge is 2.06. The minimum Gasteiger partial charge on any atom is -0.385 e. The van der Waals surface area contributed by atoms with Crippen LogP contribution in [0.1, 0.15) is 18.4 Å². The zero-order valence-corrected chi connectivity index (χ0v) is 13.6. The van der Waals surface area contributed by atoms with Crippen molar-refractivity contribution < 1.29 is 0 Å². The van der Waals surface area contributed by atoms with Crippen molar-refractivity contribution in [1.29, 1.82) is 0 Å². The lowest BCUT2D eigenvalue weighted by molar-refractivity contribution is 0.774. The van der Waals surface area contributed by atoms with Crippen LogP contribution in [0, 0.1) is 6.92 Å². The molecule has 22 heavy (non-hydrogen) atoms. The number of aromatic nitrogens is 1. The van der Waals surface area contributed by atoms with Crippen molar-refractivity contribution in [3.05, 3.63) is 48.0 Å². The molecule has 0 bridgehead atoms. The van der Waals surface area contributed by atoms with E-state index in [0.29, 0.717) is 0 Å². The van der Waals surface area contributed by atoms with E-state index in [1.807, 2.05) is 0 Å². The maximum Gasteiger partial charge on any atom is 0.124 e. The molecule has 0 aliphatic heterocycles. The quantitative estimate of drug-likeness (QED) is 0.662. The monoisotopic (exact) mass is 311 g/mol. The van der Waals surface area contributed by atoms with Crippen LogP contribution in [0.4, 0.5) is 5.69 Å². The smallest absolute Gasteiger partial charge is 0.124 e. The molecule has 3 nitrogen and oxygen atoms in total. The van der Waals surface area contributed by atoms with E-state index in [9.17, 15) is 0 Å². The van der Waals surface area contributed by atoms with Gasteiger partial charge in [-0.3, -0.25) is 0 Å². The van der Waals surface area contributed by atoms with Crippen molar-refractivity contribution in [1.82, 2.24) is 4.98 Å². The molecule has 0 amide bonds. The molecule has 0 radical (unpaired) electrons. The van der Waals surface area contributed by atoms with Gasteiger partial charge in [0.15, 0.2) is 0 Å². The first-order chi connectivity index (χ1) is 10.8. The van der Waals surface area contributed by atoms with Crippen LogP contribution in [0.3, 0.4) is 0 Å². The van der Waals surface area contributed by atoms with Crippen LogP contribution in [0.15, 0.2) is 42.5 Å². The number of anilines is 1. The fourth-order valence-electron chi connectivity index (χ4n) is 2.39. The molecule has 0 unspecified atom stereocenters. The highest BCUT2D eigenvalue weighted by molar-refractivity contribution is 7.21. The van der Waals surface area contributed by atoms with E-state index in [2.05, 4.69) is 54.7 Å². The average molecular weight is 311 g/mol. The van der Waals surface area contributed by atoms with Crippen LogP contribution in [-0.2, 0) is 0 Å². The number of hydrogen-bond donors (Lipinski definition) is 2. The molecule has 114 valence electrons. The molecule has 0 aliphatic rings. The summed E-state index contributed by atoms with van der Waals surface area (Å²) in [6.45, 7) is 3.85. The van der Waals surface area contributed by atoms with Crippen LogP contribution in [0.25, 0.3) is 20.8 Å². The topological polar surface area (TPSA) is 50.9 Å². The standard InChI is InChI=1S/C18H21N3S/c1-13-4-9-16-17(12-13)22-18(21-16)14-5-7-15(8-6-14)20-11-3-2-10-19/h4-9,12,20H,2-3,10-11,19H2,1H3. The fraction of sp³-hybridized carbons (Fsp3) is 0.278. The minimum atomic E-state index is 0.762. The number of aryl methyl sites for hydroxylation is 1. The Morgan fingerprint density at radius 1 is 1.09 bits per heavy atom. The predicted octanol–water partition coefficient (Wildman–Crippen LogP) is 4.42. The van der Waals surface area contributed by atoms with E-state index in [1.165, 1.54) is 15.8 Å². The number of rotatable bonds is 6. The lowest BCUT2D eigenvalue weighted by atomic mass is 10.2. The molecular weight excluding hydrogens is 290 g/mol. The summed E-state index contributed by atoms with van der Waals surface area (Å²) < 4.78 is 1.25. The van der Waals surface area contributed by atoms with Gasteiger partial charge >= 0.3 is 0 Å². The summed E-state index contributed by atoms with van der Waals surface area (Å²) in [5.41, 5.74) is 10.2. The van der Waals surface area contributed by atoms with E-state index in [0.717, 1.165) is 42.1 Å². The first-order valence-electron chi connectivity index (χ1n) is 7.68. The van der Waals surface area contributed by atoms with Gasteiger partial charge < -0.3 is 11.1 Å². The second kappa shape index (κ2) is 6.90. The Hall–Kier alpha value is -1.91. The van der Waals surface area contributed by atoms with Gasteiger partial charge in [0.1, 0.15) is 5.01 Å². The van der Waals surface area contributed by atoms with Crippen molar-refractivity contribution in [2.24, 2.45) is 5.73 Å². The van der Waals surface area contributed by atoms with E-state index in [1.54, 1.807) is 11.3 Å². The first-order valence-corrected chi connectivity index (χ1v) is 8.49. The van der Waals surface area contributed by atoms with Gasteiger partial charge in [0.25, 0.3) is 0 Å². The average Bonchev–Trinajstić information content (AvgIpc) is 2.95. The Bertz CT molecular complexity index is 747. The molecule has 3 aromatic rings. The summed E-state index contributed by atoms with van der Waals surface area (Å²) in [6, 6.07) is 14.9. The number of hydrogen-bond acceptors (Lipinski definition) is 4. The summed E-state index contributed by atoms with van der Waals surface area (Å²) in [6.07, 6.45) is 2.17. The van der Waals surface area contributed by atoms with Gasteiger partial charge in [-0.05, 0) is 68.3 Å². The Morgan fingerprint density at radius 3 is 2.68 bits per heavy atom. The normalized spacial score (nSPS) is 11.0. The van der Waals surface area contributed by atoms with E-state index in [4.69, 9.17) is 10.7 Å². The van der Waals surface area contributed by atoms with Crippen LogP contribution in [-0.4, -0.2) is 18.1 Å². The van der Waals surface area contributed by atoms with Crippen molar-refractivity contribution >= 4 is 27.2 Å². The molecule has 0 atom stereocenters. The molecule has 0 fully saturated rings. The molecule has 4 heteroatoms. The molecule has 0 aliphatic carbocycles. The van der Waals surface area contributed by atoms with Crippen molar-refractivity contribution in [3.63, 3.8) is 0 Å². The van der Waals surface area contributed by atoms with Gasteiger partial charge in [-0.15, -0.1) is 11.3 Å². The number of nitrogens with two attached hydrogens (primary N) is 1. The molecule has 0 saturated heterocycles. The number of thiazole rings is 1. The number of fused-ring (bicyclic) bond motifs is 1. The van der Waals surface area contributed by atoms with Gasteiger partial charge in [-0.2, -0.15) is 0 Å². The van der Waals surface area contributed by atoms with Crippen LogP contribution in [0.2, 0.25) is 0 Å². The van der Waals surface area contributed by atoms with Crippen LogP contribution >= 0.6 is 11.3 Å². The summed E-state index contributed by atoms with van der Waals surface area (Å²) in [5.74, 6) is 0. The lowest BCUT2D eigenvalue weighted by Crippen LogP contribution is -2.05. The zero-order valence-electron chi connectivity index (χ0n) is 12.8. The lowest BCUT2D eigenvalue weighted by Gasteiger charge is -2.06. The summed E-state index contributed by atoms with van der Waals surface area (Å²) in [5, 5.41) is 4.50. The summed E-state index contributed by atoms with van der Waals surface area (Å²) >= 11 is 1.75. The Morgan fingerprint density at radius 2 is 1.91 bits per heavy atom. The summed E-state index contributed by atoms with van der Waals surface area (Å²) in [7, 11) is 0. The van der Waals surface area contributed by atoms with Crippen molar-refractivity contribution in [2.75, 3.05) is 18.4 Å². The van der Waals surface area contributed by atoms with Gasteiger partial charge in [0.2, 0.25) is 0 Å².